The smallest absolute Gasteiger partial charge is 0.0947 e. The maximum absolute atomic E-state index is 9.57. The van der Waals surface area contributed by atoms with Gasteiger partial charge in [-0.25, -0.2) is 0 Å². The van der Waals surface area contributed by atoms with Crippen LogP contribution in [0.1, 0.15) is 25.3 Å². The van der Waals surface area contributed by atoms with Gasteiger partial charge in [-0.1, -0.05) is 13.3 Å². The molecule has 1 unspecified atom stereocenters. The van der Waals surface area contributed by atoms with E-state index in [2.05, 4.69) is 12.2 Å². The van der Waals surface area contributed by atoms with Crippen LogP contribution >= 0.6 is 0 Å². The van der Waals surface area contributed by atoms with E-state index < -0.39 is 6.10 Å². The predicted octanol–water partition coefficient (Wildman–Crippen LogP) is 1.55. The van der Waals surface area contributed by atoms with E-state index in [0.717, 1.165) is 25.0 Å². The summed E-state index contributed by atoms with van der Waals surface area (Å²) >= 11 is 0. The number of unbranched alkanes of at least 4 members (excludes halogenated alkanes) is 1. The van der Waals surface area contributed by atoms with Crippen LogP contribution in [0, 0.1) is 0 Å². The van der Waals surface area contributed by atoms with E-state index >= 15 is 0 Å². The molecule has 0 aliphatic heterocycles. The van der Waals surface area contributed by atoms with Crippen molar-refractivity contribution in [3.8, 4) is 0 Å². The summed E-state index contributed by atoms with van der Waals surface area (Å²) < 4.78 is 10.3. The van der Waals surface area contributed by atoms with E-state index in [-0.39, 0.29) is 0 Å². The molecule has 0 amide bonds. The van der Waals surface area contributed by atoms with Gasteiger partial charge in [0.2, 0.25) is 0 Å². The molecule has 0 spiro atoms. The summed E-state index contributed by atoms with van der Waals surface area (Å²) in [5, 5.41) is 12.7. The van der Waals surface area contributed by atoms with Gasteiger partial charge in [-0.05, 0) is 12.5 Å². The minimum absolute atomic E-state index is 0.401. The van der Waals surface area contributed by atoms with Crippen LogP contribution in [0.2, 0.25) is 0 Å². The summed E-state index contributed by atoms with van der Waals surface area (Å²) in [5.74, 6) is 0. The Bertz CT molecular complexity index is 249. The van der Waals surface area contributed by atoms with Crippen molar-refractivity contribution in [3.63, 3.8) is 0 Å². The third-order valence-corrected chi connectivity index (χ3v) is 2.24. The van der Waals surface area contributed by atoms with Crippen LogP contribution in [-0.2, 0) is 11.3 Å². The molecule has 0 bridgehead atoms. The van der Waals surface area contributed by atoms with Crippen LogP contribution in [0.5, 0.6) is 0 Å². The van der Waals surface area contributed by atoms with Gasteiger partial charge in [-0.15, -0.1) is 0 Å². The molecule has 0 saturated heterocycles. The second-order valence-electron chi connectivity index (χ2n) is 3.84. The second kappa shape index (κ2) is 8.33. The van der Waals surface area contributed by atoms with Crippen molar-refractivity contribution < 1.29 is 14.3 Å². The molecule has 1 heterocycles. The molecule has 2 N–H and O–H groups in total. The Morgan fingerprint density at radius 2 is 2.44 bits per heavy atom. The Morgan fingerprint density at radius 1 is 1.56 bits per heavy atom. The van der Waals surface area contributed by atoms with Crippen molar-refractivity contribution in [1.29, 1.82) is 0 Å². The Hall–Kier alpha value is -0.840. The molecule has 0 saturated carbocycles. The normalized spacial score (nSPS) is 12.9. The zero-order valence-electron chi connectivity index (χ0n) is 9.82. The maximum Gasteiger partial charge on any atom is 0.0947 e. The van der Waals surface area contributed by atoms with Gasteiger partial charge in [-0.3, -0.25) is 0 Å². The molecule has 1 rings (SSSR count). The Labute approximate surface area is 96.6 Å². The van der Waals surface area contributed by atoms with Crippen LogP contribution in [0.25, 0.3) is 0 Å². The SMILES string of the molecule is CCCCOCC(O)CNCc1ccoc1. The number of aliphatic hydroxyl groups is 1. The quantitative estimate of drug-likeness (QED) is 0.628. The summed E-state index contributed by atoms with van der Waals surface area (Å²) in [7, 11) is 0. The largest absolute Gasteiger partial charge is 0.472 e. The van der Waals surface area contributed by atoms with E-state index in [1.165, 1.54) is 0 Å². The summed E-state index contributed by atoms with van der Waals surface area (Å²) in [5.41, 5.74) is 1.08. The highest BCUT2D eigenvalue weighted by molar-refractivity contribution is 5.04. The highest BCUT2D eigenvalue weighted by atomic mass is 16.5. The van der Waals surface area contributed by atoms with Gasteiger partial charge in [0, 0.05) is 25.3 Å². The summed E-state index contributed by atoms with van der Waals surface area (Å²) in [6.45, 7) is 4.50. The van der Waals surface area contributed by atoms with Crippen molar-refractivity contribution in [2.45, 2.75) is 32.4 Å². The van der Waals surface area contributed by atoms with E-state index in [0.29, 0.717) is 19.7 Å². The lowest BCUT2D eigenvalue weighted by atomic mass is 10.3. The van der Waals surface area contributed by atoms with Crippen molar-refractivity contribution in [1.82, 2.24) is 5.32 Å². The number of hydrogen-bond donors (Lipinski definition) is 2. The van der Waals surface area contributed by atoms with Crippen LogP contribution in [0.4, 0.5) is 0 Å². The van der Waals surface area contributed by atoms with Gasteiger partial charge < -0.3 is 19.6 Å². The van der Waals surface area contributed by atoms with Crippen LogP contribution in [0.3, 0.4) is 0 Å². The lowest BCUT2D eigenvalue weighted by Gasteiger charge is -2.11. The Morgan fingerprint density at radius 3 is 3.12 bits per heavy atom. The van der Waals surface area contributed by atoms with Crippen molar-refractivity contribution in [3.05, 3.63) is 24.2 Å². The van der Waals surface area contributed by atoms with Crippen LogP contribution in [-0.4, -0.2) is 31.0 Å². The van der Waals surface area contributed by atoms with Gasteiger partial charge >= 0.3 is 0 Å². The number of ether oxygens (including phenoxy) is 1. The second-order valence-corrected chi connectivity index (χ2v) is 3.84. The molecule has 92 valence electrons. The first-order valence-corrected chi connectivity index (χ1v) is 5.80. The number of aliphatic hydroxyl groups excluding tert-OH is 1. The zero-order valence-corrected chi connectivity index (χ0v) is 9.82. The molecule has 0 fully saturated rings. The summed E-state index contributed by atoms with van der Waals surface area (Å²) in [4.78, 5) is 0. The monoisotopic (exact) mass is 227 g/mol. The molecule has 0 aliphatic rings. The lowest BCUT2D eigenvalue weighted by molar-refractivity contribution is 0.0358. The first-order valence-electron chi connectivity index (χ1n) is 5.80. The first-order chi connectivity index (χ1) is 7.83. The van der Waals surface area contributed by atoms with Gasteiger partial charge in [0.25, 0.3) is 0 Å². The fourth-order valence-corrected chi connectivity index (χ4v) is 1.30. The zero-order chi connectivity index (χ0) is 11.6. The Balaban J connectivity index is 1.95. The molecule has 1 atom stereocenters. The molecule has 4 heteroatoms. The van der Waals surface area contributed by atoms with Crippen molar-refractivity contribution in [2.75, 3.05) is 19.8 Å². The molecule has 0 radical (unpaired) electrons. The number of rotatable bonds is 9. The van der Waals surface area contributed by atoms with Crippen LogP contribution < -0.4 is 5.32 Å². The molecule has 16 heavy (non-hydrogen) atoms. The fraction of sp³-hybridized carbons (Fsp3) is 0.667. The molecular weight excluding hydrogens is 206 g/mol. The first kappa shape index (κ1) is 13.2. The lowest BCUT2D eigenvalue weighted by Crippen LogP contribution is -2.30. The van der Waals surface area contributed by atoms with Crippen LogP contribution in [0.15, 0.2) is 23.0 Å². The molecule has 4 nitrogen and oxygen atoms in total. The minimum atomic E-state index is -0.441. The number of furan rings is 1. The molecule has 1 aromatic heterocycles. The third-order valence-electron chi connectivity index (χ3n) is 2.24. The predicted molar refractivity (Wildman–Crippen MR) is 62.1 cm³/mol. The standard InChI is InChI=1S/C12H21NO3/c1-2-3-5-15-10-12(14)8-13-7-11-4-6-16-9-11/h4,6,9,12-14H,2-3,5,7-8,10H2,1H3. The van der Waals surface area contributed by atoms with Crippen molar-refractivity contribution >= 4 is 0 Å². The molecule has 0 aromatic carbocycles. The highest BCUT2D eigenvalue weighted by Crippen LogP contribution is 1.98. The van der Waals surface area contributed by atoms with E-state index in [4.69, 9.17) is 9.15 Å². The fourth-order valence-electron chi connectivity index (χ4n) is 1.30. The average Bonchev–Trinajstić information content (AvgIpc) is 2.77. The maximum atomic E-state index is 9.57. The van der Waals surface area contributed by atoms with E-state index in [9.17, 15) is 5.11 Å². The minimum Gasteiger partial charge on any atom is -0.472 e. The summed E-state index contributed by atoms with van der Waals surface area (Å²) in [6.07, 6.45) is 5.06. The topological polar surface area (TPSA) is 54.6 Å². The van der Waals surface area contributed by atoms with Crippen molar-refractivity contribution in [2.24, 2.45) is 0 Å². The Kier molecular flexibility index (Phi) is 6.88. The van der Waals surface area contributed by atoms with Gasteiger partial charge in [0.15, 0.2) is 0 Å². The van der Waals surface area contributed by atoms with E-state index in [1.54, 1.807) is 12.5 Å². The third kappa shape index (κ3) is 5.90. The number of hydrogen-bond acceptors (Lipinski definition) is 4. The summed E-state index contributed by atoms with van der Waals surface area (Å²) in [6, 6.07) is 1.90. The molecule has 0 aliphatic carbocycles. The van der Waals surface area contributed by atoms with E-state index in [1.807, 2.05) is 6.07 Å². The molecule has 1 aromatic rings. The average molecular weight is 227 g/mol. The van der Waals surface area contributed by atoms with Gasteiger partial charge in [0.05, 0.1) is 25.2 Å². The van der Waals surface area contributed by atoms with Gasteiger partial charge in [0.1, 0.15) is 0 Å². The van der Waals surface area contributed by atoms with Gasteiger partial charge in [-0.2, -0.15) is 0 Å². The molecular formula is C12H21NO3. The number of nitrogens with one attached hydrogen (secondary N) is 1. The highest BCUT2D eigenvalue weighted by Gasteiger charge is 2.03.